The number of hydrogen-bond acceptors (Lipinski definition) is 3. The molecular formula is C10H18N2OS. The van der Waals surface area contributed by atoms with Gasteiger partial charge in [-0.05, 0) is 24.9 Å². The van der Waals surface area contributed by atoms with Crippen LogP contribution in [0, 0.1) is 0 Å². The van der Waals surface area contributed by atoms with E-state index >= 15 is 0 Å². The van der Waals surface area contributed by atoms with Gasteiger partial charge in [0.2, 0.25) is 5.91 Å². The minimum absolute atomic E-state index is 0.100. The molecule has 0 radical (unpaired) electrons. The van der Waals surface area contributed by atoms with Crippen molar-refractivity contribution in [2.75, 3.05) is 25.1 Å². The molecule has 1 rings (SSSR count). The molecule has 2 N–H and O–H groups in total. The third-order valence-electron chi connectivity index (χ3n) is 2.32. The van der Waals surface area contributed by atoms with E-state index in [1.165, 1.54) is 0 Å². The first-order chi connectivity index (χ1) is 6.75. The Hall–Kier alpha value is -0.480. The Bertz CT molecular complexity index is 218. The van der Waals surface area contributed by atoms with Gasteiger partial charge in [0.05, 0.1) is 6.04 Å². The van der Waals surface area contributed by atoms with Crippen molar-refractivity contribution in [3.63, 3.8) is 0 Å². The van der Waals surface area contributed by atoms with E-state index in [4.69, 9.17) is 5.73 Å². The monoisotopic (exact) mass is 214 g/mol. The van der Waals surface area contributed by atoms with Gasteiger partial charge in [0.25, 0.3) is 0 Å². The number of nitrogens with two attached hydrogens (primary N) is 1. The van der Waals surface area contributed by atoms with Gasteiger partial charge < -0.3 is 10.6 Å². The zero-order valence-corrected chi connectivity index (χ0v) is 9.43. The van der Waals surface area contributed by atoms with Gasteiger partial charge in [-0.15, -0.1) is 0 Å². The van der Waals surface area contributed by atoms with Crippen molar-refractivity contribution >= 4 is 17.7 Å². The number of carbonyl (C=O) groups is 1. The summed E-state index contributed by atoms with van der Waals surface area (Å²) in [5.74, 6) is 1.06. The molecule has 0 spiro atoms. The van der Waals surface area contributed by atoms with Gasteiger partial charge in [0.1, 0.15) is 0 Å². The first kappa shape index (κ1) is 11.6. The van der Waals surface area contributed by atoms with Crippen molar-refractivity contribution in [3.8, 4) is 0 Å². The molecular weight excluding hydrogens is 196 g/mol. The third kappa shape index (κ3) is 3.35. The van der Waals surface area contributed by atoms with Crippen molar-refractivity contribution in [1.29, 1.82) is 0 Å². The van der Waals surface area contributed by atoms with E-state index in [1.807, 2.05) is 17.2 Å². The molecule has 14 heavy (non-hydrogen) atoms. The maximum absolute atomic E-state index is 11.8. The smallest absolute Gasteiger partial charge is 0.239 e. The summed E-state index contributed by atoms with van der Waals surface area (Å²) in [5, 5.41) is 0. The number of carbonyl (C=O) groups excluding carboxylic acids is 1. The van der Waals surface area contributed by atoms with Crippen molar-refractivity contribution < 1.29 is 4.79 Å². The summed E-state index contributed by atoms with van der Waals surface area (Å²) in [6.45, 7) is 1.55. The van der Waals surface area contributed by atoms with Gasteiger partial charge in [0.15, 0.2) is 0 Å². The second-order valence-electron chi connectivity index (χ2n) is 3.43. The van der Waals surface area contributed by atoms with Crippen LogP contribution in [-0.4, -0.2) is 41.9 Å². The van der Waals surface area contributed by atoms with E-state index < -0.39 is 0 Å². The molecule has 0 saturated heterocycles. The van der Waals surface area contributed by atoms with E-state index in [2.05, 4.69) is 6.08 Å². The lowest BCUT2D eigenvalue weighted by molar-refractivity contribution is -0.132. The molecule has 0 saturated carbocycles. The Labute approximate surface area is 89.7 Å². The van der Waals surface area contributed by atoms with Gasteiger partial charge in [-0.25, -0.2) is 0 Å². The quantitative estimate of drug-likeness (QED) is 0.706. The van der Waals surface area contributed by atoms with Gasteiger partial charge in [0, 0.05) is 13.1 Å². The van der Waals surface area contributed by atoms with E-state index in [-0.39, 0.29) is 11.9 Å². The highest BCUT2D eigenvalue weighted by molar-refractivity contribution is 7.98. The number of thioether (sulfide) groups is 1. The number of hydrogen-bond donors (Lipinski definition) is 1. The largest absolute Gasteiger partial charge is 0.337 e. The molecule has 1 atom stereocenters. The SMILES string of the molecule is CSCC[C@H](N)C(=O)N1CC=CCC1. The average Bonchev–Trinajstić information content (AvgIpc) is 2.26. The molecule has 80 valence electrons. The highest BCUT2D eigenvalue weighted by Gasteiger charge is 2.20. The average molecular weight is 214 g/mol. The summed E-state index contributed by atoms with van der Waals surface area (Å²) in [6.07, 6.45) is 7.90. The second-order valence-corrected chi connectivity index (χ2v) is 4.42. The van der Waals surface area contributed by atoms with E-state index in [0.717, 1.165) is 31.7 Å². The van der Waals surface area contributed by atoms with Crippen molar-refractivity contribution in [3.05, 3.63) is 12.2 Å². The van der Waals surface area contributed by atoms with E-state index in [1.54, 1.807) is 11.8 Å². The zero-order chi connectivity index (χ0) is 10.4. The van der Waals surface area contributed by atoms with Crippen LogP contribution in [0.1, 0.15) is 12.8 Å². The number of rotatable bonds is 4. The second kappa shape index (κ2) is 6.09. The van der Waals surface area contributed by atoms with Crippen molar-refractivity contribution in [2.45, 2.75) is 18.9 Å². The molecule has 0 fully saturated rings. The first-order valence-corrected chi connectivity index (χ1v) is 6.33. The van der Waals surface area contributed by atoms with Crippen molar-refractivity contribution in [1.82, 2.24) is 4.90 Å². The minimum Gasteiger partial charge on any atom is -0.337 e. The molecule has 0 unspecified atom stereocenters. The molecule has 0 aromatic heterocycles. The Morgan fingerprint density at radius 1 is 1.64 bits per heavy atom. The molecule has 0 aromatic carbocycles. The summed E-state index contributed by atoms with van der Waals surface area (Å²) in [4.78, 5) is 13.6. The Morgan fingerprint density at radius 3 is 3.00 bits per heavy atom. The Kier molecular flexibility index (Phi) is 5.04. The topological polar surface area (TPSA) is 46.3 Å². The molecule has 0 bridgehead atoms. The molecule has 1 aliphatic rings. The molecule has 1 amide bonds. The summed E-state index contributed by atoms with van der Waals surface area (Å²) in [6, 6.07) is -0.311. The summed E-state index contributed by atoms with van der Waals surface area (Å²) in [7, 11) is 0. The Morgan fingerprint density at radius 2 is 2.43 bits per heavy atom. The van der Waals surface area contributed by atoms with Gasteiger partial charge in [-0.3, -0.25) is 4.79 Å². The lowest BCUT2D eigenvalue weighted by Gasteiger charge is -2.26. The first-order valence-electron chi connectivity index (χ1n) is 4.94. The lowest BCUT2D eigenvalue weighted by Crippen LogP contribution is -2.45. The van der Waals surface area contributed by atoms with Crippen LogP contribution >= 0.6 is 11.8 Å². The van der Waals surface area contributed by atoms with Crippen LogP contribution in [0.3, 0.4) is 0 Å². The van der Waals surface area contributed by atoms with Crippen LogP contribution in [0.15, 0.2) is 12.2 Å². The fourth-order valence-corrected chi connectivity index (χ4v) is 1.93. The standard InChI is InChI=1S/C10H18N2OS/c1-14-8-5-9(11)10(13)12-6-3-2-4-7-12/h2-3,9H,4-8,11H2,1H3/t9-/m0/s1. The van der Waals surface area contributed by atoms with Crippen LogP contribution in [0.5, 0.6) is 0 Å². The predicted octanol–water partition coefficient (Wildman–Crippen LogP) is 0.855. The highest BCUT2D eigenvalue weighted by atomic mass is 32.2. The fraction of sp³-hybridized carbons (Fsp3) is 0.700. The molecule has 0 aromatic rings. The summed E-state index contributed by atoms with van der Waals surface area (Å²) in [5.41, 5.74) is 5.81. The summed E-state index contributed by atoms with van der Waals surface area (Å²) >= 11 is 1.73. The van der Waals surface area contributed by atoms with Crippen LogP contribution in [-0.2, 0) is 4.79 Å². The maximum Gasteiger partial charge on any atom is 0.239 e. The molecule has 0 aliphatic carbocycles. The van der Waals surface area contributed by atoms with E-state index in [9.17, 15) is 4.79 Å². The molecule has 1 heterocycles. The minimum atomic E-state index is -0.311. The van der Waals surface area contributed by atoms with Crippen LogP contribution < -0.4 is 5.73 Å². The lowest BCUT2D eigenvalue weighted by atomic mass is 10.1. The normalized spacial score (nSPS) is 18.3. The Balaban J connectivity index is 2.35. The maximum atomic E-state index is 11.8. The number of nitrogens with zero attached hydrogens (tertiary/aromatic N) is 1. The number of amides is 1. The van der Waals surface area contributed by atoms with Crippen LogP contribution in [0.4, 0.5) is 0 Å². The van der Waals surface area contributed by atoms with Gasteiger partial charge >= 0.3 is 0 Å². The van der Waals surface area contributed by atoms with Crippen molar-refractivity contribution in [2.24, 2.45) is 5.73 Å². The molecule has 3 nitrogen and oxygen atoms in total. The fourth-order valence-electron chi connectivity index (χ4n) is 1.44. The predicted molar refractivity (Wildman–Crippen MR) is 61.3 cm³/mol. The van der Waals surface area contributed by atoms with Crippen LogP contribution in [0.2, 0.25) is 0 Å². The van der Waals surface area contributed by atoms with E-state index in [0.29, 0.717) is 0 Å². The van der Waals surface area contributed by atoms with Crippen LogP contribution in [0.25, 0.3) is 0 Å². The third-order valence-corrected chi connectivity index (χ3v) is 2.96. The molecule has 1 aliphatic heterocycles. The van der Waals surface area contributed by atoms with Gasteiger partial charge in [-0.1, -0.05) is 12.2 Å². The molecule has 4 heteroatoms. The van der Waals surface area contributed by atoms with Gasteiger partial charge in [-0.2, -0.15) is 11.8 Å². The zero-order valence-electron chi connectivity index (χ0n) is 8.61. The summed E-state index contributed by atoms with van der Waals surface area (Å²) < 4.78 is 0. The highest BCUT2D eigenvalue weighted by Crippen LogP contribution is 2.06.